The molecular weight excluding hydrogens is 305 g/mol. The number of halogens is 2. The highest BCUT2D eigenvalue weighted by atomic mass is 79.9. The van der Waals surface area contributed by atoms with Crippen LogP contribution >= 0.6 is 15.9 Å². The summed E-state index contributed by atoms with van der Waals surface area (Å²) in [6, 6.07) is 5.25. The summed E-state index contributed by atoms with van der Waals surface area (Å²) in [6.45, 7) is 6.63. The molecule has 0 amide bonds. The van der Waals surface area contributed by atoms with E-state index in [0.29, 0.717) is 0 Å². The molecular formula is C16H23BrFN. The van der Waals surface area contributed by atoms with Gasteiger partial charge in [-0.1, -0.05) is 47.8 Å². The van der Waals surface area contributed by atoms with Gasteiger partial charge in [-0.25, -0.2) is 4.39 Å². The van der Waals surface area contributed by atoms with Gasteiger partial charge < -0.3 is 5.32 Å². The molecule has 3 heteroatoms. The average molecular weight is 328 g/mol. The van der Waals surface area contributed by atoms with Crippen molar-refractivity contribution in [3.63, 3.8) is 0 Å². The molecule has 0 aliphatic heterocycles. The zero-order chi connectivity index (χ0) is 14.1. The topological polar surface area (TPSA) is 12.0 Å². The normalized spacial score (nSPS) is 12.4. The van der Waals surface area contributed by atoms with Gasteiger partial charge in [0, 0.05) is 16.1 Å². The van der Waals surface area contributed by atoms with Gasteiger partial charge in [-0.15, -0.1) is 6.58 Å². The van der Waals surface area contributed by atoms with Gasteiger partial charge in [-0.3, -0.25) is 0 Å². The Hall–Kier alpha value is -0.670. The summed E-state index contributed by atoms with van der Waals surface area (Å²) in [6.07, 6.45) is 7.42. The monoisotopic (exact) mass is 327 g/mol. The summed E-state index contributed by atoms with van der Waals surface area (Å²) in [5.41, 5.74) is 0.757. The molecule has 0 saturated heterocycles. The molecule has 1 nitrogen and oxygen atoms in total. The predicted molar refractivity (Wildman–Crippen MR) is 83.8 cm³/mol. The summed E-state index contributed by atoms with van der Waals surface area (Å²) >= 11 is 3.46. The van der Waals surface area contributed by atoms with Gasteiger partial charge in [0.15, 0.2) is 0 Å². The van der Waals surface area contributed by atoms with E-state index in [0.717, 1.165) is 35.8 Å². The summed E-state index contributed by atoms with van der Waals surface area (Å²) < 4.78 is 14.8. The molecule has 0 fully saturated rings. The fourth-order valence-corrected chi connectivity index (χ4v) is 2.87. The number of benzene rings is 1. The van der Waals surface area contributed by atoms with Crippen molar-refractivity contribution in [2.24, 2.45) is 0 Å². The highest BCUT2D eigenvalue weighted by Gasteiger charge is 2.17. The Balaban J connectivity index is 2.63. The van der Waals surface area contributed by atoms with Crippen molar-refractivity contribution in [2.75, 3.05) is 6.54 Å². The molecule has 0 aliphatic rings. The smallest absolute Gasteiger partial charge is 0.129 e. The second kappa shape index (κ2) is 9.27. The minimum absolute atomic E-state index is 0.0873. The molecule has 106 valence electrons. The number of hydrogen-bond acceptors (Lipinski definition) is 1. The van der Waals surface area contributed by atoms with E-state index in [2.05, 4.69) is 34.7 Å². The number of nitrogens with one attached hydrogen (secondary N) is 1. The van der Waals surface area contributed by atoms with Gasteiger partial charge in [-0.05, 0) is 37.9 Å². The van der Waals surface area contributed by atoms with Crippen LogP contribution in [0, 0.1) is 5.82 Å². The Kier molecular flexibility index (Phi) is 7.99. The summed E-state index contributed by atoms with van der Waals surface area (Å²) in [7, 11) is 0. The fourth-order valence-electron chi connectivity index (χ4n) is 2.25. The average Bonchev–Trinajstić information content (AvgIpc) is 2.38. The SMILES string of the molecule is C=CCCCCCC(NCC)c1c(F)cccc1Br. The van der Waals surface area contributed by atoms with Crippen molar-refractivity contribution in [2.45, 2.75) is 45.1 Å². The van der Waals surface area contributed by atoms with Gasteiger partial charge in [0.25, 0.3) is 0 Å². The van der Waals surface area contributed by atoms with Crippen LogP contribution in [0.1, 0.15) is 50.6 Å². The van der Waals surface area contributed by atoms with Crippen molar-refractivity contribution < 1.29 is 4.39 Å². The van der Waals surface area contributed by atoms with E-state index in [9.17, 15) is 4.39 Å². The van der Waals surface area contributed by atoms with E-state index in [4.69, 9.17) is 0 Å². The van der Waals surface area contributed by atoms with E-state index in [1.54, 1.807) is 6.07 Å². The van der Waals surface area contributed by atoms with E-state index in [1.165, 1.54) is 18.9 Å². The summed E-state index contributed by atoms with van der Waals surface area (Å²) in [5.74, 6) is -0.133. The molecule has 0 aliphatic carbocycles. The maximum atomic E-state index is 14.0. The molecule has 0 bridgehead atoms. The number of unbranched alkanes of at least 4 members (excludes halogenated alkanes) is 3. The Bertz CT molecular complexity index is 372. The van der Waals surface area contributed by atoms with Crippen molar-refractivity contribution in [1.29, 1.82) is 0 Å². The van der Waals surface area contributed by atoms with Crippen LogP contribution in [0.3, 0.4) is 0 Å². The Labute approximate surface area is 124 Å². The quantitative estimate of drug-likeness (QED) is 0.474. The highest BCUT2D eigenvalue weighted by Crippen LogP contribution is 2.29. The van der Waals surface area contributed by atoms with Crippen LogP contribution in [-0.4, -0.2) is 6.54 Å². The maximum Gasteiger partial charge on any atom is 0.129 e. The van der Waals surface area contributed by atoms with Crippen molar-refractivity contribution in [1.82, 2.24) is 5.32 Å². The first-order valence-electron chi connectivity index (χ1n) is 6.98. The first kappa shape index (κ1) is 16.4. The zero-order valence-electron chi connectivity index (χ0n) is 11.6. The maximum absolute atomic E-state index is 14.0. The number of hydrogen-bond donors (Lipinski definition) is 1. The highest BCUT2D eigenvalue weighted by molar-refractivity contribution is 9.10. The van der Waals surface area contributed by atoms with E-state index < -0.39 is 0 Å². The summed E-state index contributed by atoms with van der Waals surface area (Å²) in [5, 5.41) is 3.38. The molecule has 1 aromatic carbocycles. The van der Waals surface area contributed by atoms with Crippen molar-refractivity contribution in [3.05, 3.63) is 46.7 Å². The van der Waals surface area contributed by atoms with Gasteiger partial charge in [0.05, 0.1) is 0 Å². The van der Waals surface area contributed by atoms with E-state index in [1.807, 2.05) is 12.1 Å². The lowest BCUT2D eigenvalue weighted by atomic mass is 9.99. The molecule has 1 N–H and O–H groups in total. The van der Waals surface area contributed by atoms with E-state index >= 15 is 0 Å². The third kappa shape index (κ3) is 5.45. The Morgan fingerprint density at radius 1 is 1.37 bits per heavy atom. The lowest BCUT2D eigenvalue weighted by Gasteiger charge is -2.20. The van der Waals surface area contributed by atoms with Gasteiger partial charge >= 0.3 is 0 Å². The van der Waals surface area contributed by atoms with Crippen LogP contribution in [0.15, 0.2) is 35.3 Å². The molecule has 0 aromatic heterocycles. The lowest BCUT2D eigenvalue weighted by Crippen LogP contribution is -2.22. The molecule has 0 heterocycles. The standard InChI is InChI=1S/C16H23BrFN/c1-3-5-6-7-8-12-15(19-4-2)16-13(17)10-9-11-14(16)18/h3,9-11,15,19H,1,4-8,12H2,2H3. The number of rotatable bonds is 9. The van der Waals surface area contributed by atoms with Crippen molar-refractivity contribution in [3.8, 4) is 0 Å². The van der Waals surface area contributed by atoms with Gasteiger partial charge in [0.1, 0.15) is 5.82 Å². The number of allylic oxidation sites excluding steroid dienone is 1. The van der Waals surface area contributed by atoms with E-state index in [-0.39, 0.29) is 11.9 Å². The minimum Gasteiger partial charge on any atom is -0.310 e. The van der Waals surface area contributed by atoms with Crippen LogP contribution in [0.25, 0.3) is 0 Å². The first-order chi connectivity index (χ1) is 9.20. The molecule has 1 unspecified atom stereocenters. The minimum atomic E-state index is -0.133. The van der Waals surface area contributed by atoms with Crippen LogP contribution < -0.4 is 5.32 Å². The largest absolute Gasteiger partial charge is 0.310 e. The Morgan fingerprint density at radius 3 is 2.79 bits per heavy atom. The molecule has 0 spiro atoms. The van der Waals surface area contributed by atoms with Gasteiger partial charge in [0.2, 0.25) is 0 Å². The fraction of sp³-hybridized carbons (Fsp3) is 0.500. The molecule has 0 radical (unpaired) electrons. The molecule has 1 aromatic rings. The van der Waals surface area contributed by atoms with Crippen molar-refractivity contribution >= 4 is 15.9 Å². The molecule has 1 rings (SSSR count). The van der Waals surface area contributed by atoms with Crippen LogP contribution in [-0.2, 0) is 0 Å². The third-order valence-corrected chi connectivity index (χ3v) is 3.89. The van der Waals surface area contributed by atoms with Gasteiger partial charge in [-0.2, -0.15) is 0 Å². The summed E-state index contributed by atoms with van der Waals surface area (Å²) in [4.78, 5) is 0. The second-order valence-electron chi connectivity index (χ2n) is 4.67. The predicted octanol–water partition coefficient (Wildman–Crippen LogP) is 5.38. The van der Waals surface area contributed by atoms with Crippen LogP contribution in [0.4, 0.5) is 4.39 Å². The van der Waals surface area contributed by atoms with Crippen LogP contribution in [0.5, 0.6) is 0 Å². The zero-order valence-corrected chi connectivity index (χ0v) is 13.2. The second-order valence-corrected chi connectivity index (χ2v) is 5.53. The molecule has 19 heavy (non-hydrogen) atoms. The molecule has 1 atom stereocenters. The van der Waals surface area contributed by atoms with Crippen LogP contribution in [0.2, 0.25) is 0 Å². The lowest BCUT2D eigenvalue weighted by molar-refractivity contribution is 0.460. The first-order valence-corrected chi connectivity index (χ1v) is 7.78. The third-order valence-electron chi connectivity index (χ3n) is 3.20. The Morgan fingerprint density at radius 2 is 2.16 bits per heavy atom. The molecule has 0 saturated carbocycles.